The molecule has 1 atom stereocenters. The molecule has 0 aliphatic heterocycles. The molecule has 0 saturated carbocycles. The van der Waals surface area contributed by atoms with Crippen molar-refractivity contribution in [1.29, 1.82) is 0 Å². The lowest BCUT2D eigenvalue weighted by Crippen LogP contribution is -2.45. The van der Waals surface area contributed by atoms with Crippen molar-refractivity contribution in [2.75, 3.05) is 6.54 Å². The molecule has 0 bridgehead atoms. The maximum Gasteiger partial charge on any atom is 0.315 e. The van der Waals surface area contributed by atoms with E-state index in [1.54, 1.807) is 0 Å². The molecule has 1 rings (SSSR count). The van der Waals surface area contributed by atoms with Crippen LogP contribution in [0, 0.1) is 12.8 Å². The summed E-state index contributed by atoms with van der Waals surface area (Å²) in [7, 11) is 0. The summed E-state index contributed by atoms with van der Waals surface area (Å²) in [5.74, 6) is -0.421. The molecule has 3 nitrogen and oxygen atoms in total. The van der Waals surface area contributed by atoms with Crippen LogP contribution in [0.3, 0.4) is 0 Å². The Bertz CT molecular complexity index is 427. The van der Waals surface area contributed by atoms with Crippen LogP contribution in [0.5, 0.6) is 0 Å². The molecule has 0 aliphatic carbocycles. The van der Waals surface area contributed by atoms with E-state index in [0.717, 1.165) is 24.0 Å². The zero-order chi connectivity index (χ0) is 14.5. The summed E-state index contributed by atoms with van der Waals surface area (Å²) in [4.78, 5) is 11.9. The number of benzene rings is 1. The standard InChI is InChI=1S/C16H25NO2/c1-4-13(5-2)10-16(11-17,15(18)19)14-9-7-6-8-12(14)3/h6-9,13H,4-5,10-11,17H2,1-3H3,(H,18,19). The van der Waals surface area contributed by atoms with Gasteiger partial charge in [-0.05, 0) is 30.4 Å². The van der Waals surface area contributed by atoms with Crippen LogP contribution < -0.4 is 5.73 Å². The third-order valence-corrected chi connectivity index (χ3v) is 4.21. The highest BCUT2D eigenvalue weighted by Gasteiger charge is 2.41. The van der Waals surface area contributed by atoms with Crippen molar-refractivity contribution in [2.24, 2.45) is 11.7 Å². The molecular formula is C16H25NO2. The number of rotatable bonds is 7. The van der Waals surface area contributed by atoms with Gasteiger partial charge in [0.05, 0.1) is 0 Å². The topological polar surface area (TPSA) is 63.3 Å². The quantitative estimate of drug-likeness (QED) is 0.794. The molecule has 0 saturated heterocycles. The van der Waals surface area contributed by atoms with E-state index in [4.69, 9.17) is 5.73 Å². The number of aliphatic carboxylic acids is 1. The van der Waals surface area contributed by atoms with Crippen LogP contribution in [0.15, 0.2) is 24.3 Å². The van der Waals surface area contributed by atoms with Gasteiger partial charge in [0.15, 0.2) is 0 Å². The SMILES string of the molecule is CCC(CC)CC(CN)(C(=O)O)c1ccccc1C. The Labute approximate surface area is 115 Å². The first-order valence-electron chi connectivity index (χ1n) is 7.01. The van der Waals surface area contributed by atoms with Gasteiger partial charge in [0.1, 0.15) is 5.41 Å². The van der Waals surface area contributed by atoms with E-state index in [0.29, 0.717) is 12.3 Å². The fourth-order valence-corrected chi connectivity index (χ4v) is 2.77. The molecule has 19 heavy (non-hydrogen) atoms. The molecule has 0 aliphatic rings. The highest BCUT2D eigenvalue weighted by atomic mass is 16.4. The summed E-state index contributed by atoms with van der Waals surface area (Å²) in [5.41, 5.74) is 6.79. The van der Waals surface area contributed by atoms with Gasteiger partial charge in [-0.3, -0.25) is 4.79 Å². The Balaban J connectivity index is 3.27. The van der Waals surface area contributed by atoms with Gasteiger partial charge in [-0.2, -0.15) is 0 Å². The smallest absolute Gasteiger partial charge is 0.315 e. The average molecular weight is 263 g/mol. The number of carboxylic acids is 1. The largest absolute Gasteiger partial charge is 0.481 e. The molecule has 106 valence electrons. The van der Waals surface area contributed by atoms with E-state index in [9.17, 15) is 9.90 Å². The van der Waals surface area contributed by atoms with Gasteiger partial charge in [0.25, 0.3) is 0 Å². The lowest BCUT2D eigenvalue weighted by molar-refractivity contribution is -0.144. The predicted octanol–water partition coefficient (Wildman–Crippen LogP) is 3.10. The molecule has 1 aromatic rings. The number of aryl methyl sites for hydroxylation is 1. The monoisotopic (exact) mass is 263 g/mol. The number of hydrogen-bond acceptors (Lipinski definition) is 2. The second-order valence-electron chi connectivity index (χ2n) is 5.29. The molecule has 0 fully saturated rings. The summed E-state index contributed by atoms with van der Waals surface area (Å²) < 4.78 is 0. The van der Waals surface area contributed by atoms with Gasteiger partial charge in [-0.1, -0.05) is 51.0 Å². The van der Waals surface area contributed by atoms with Crippen LogP contribution >= 0.6 is 0 Å². The molecule has 3 N–H and O–H groups in total. The van der Waals surface area contributed by atoms with Crippen LogP contribution in [0.4, 0.5) is 0 Å². The van der Waals surface area contributed by atoms with Gasteiger partial charge in [0.2, 0.25) is 0 Å². The first kappa shape index (κ1) is 15.7. The normalized spacial score (nSPS) is 14.4. The van der Waals surface area contributed by atoms with Gasteiger partial charge < -0.3 is 10.8 Å². The highest BCUT2D eigenvalue weighted by Crippen LogP contribution is 2.35. The Kier molecular flexibility index (Phi) is 5.55. The fourth-order valence-electron chi connectivity index (χ4n) is 2.77. The molecule has 0 amide bonds. The second-order valence-corrected chi connectivity index (χ2v) is 5.29. The van der Waals surface area contributed by atoms with E-state index in [2.05, 4.69) is 13.8 Å². The summed E-state index contributed by atoms with van der Waals surface area (Å²) in [6, 6.07) is 7.68. The highest BCUT2D eigenvalue weighted by molar-refractivity contribution is 5.82. The maximum atomic E-state index is 11.9. The van der Waals surface area contributed by atoms with E-state index < -0.39 is 11.4 Å². The van der Waals surface area contributed by atoms with E-state index in [1.807, 2.05) is 31.2 Å². The van der Waals surface area contributed by atoms with E-state index in [-0.39, 0.29) is 6.54 Å². The lowest BCUT2D eigenvalue weighted by atomic mass is 9.71. The van der Waals surface area contributed by atoms with Gasteiger partial charge in [0, 0.05) is 6.54 Å². The van der Waals surface area contributed by atoms with Gasteiger partial charge in [-0.15, -0.1) is 0 Å². The minimum Gasteiger partial charge on any atom is -0.481 e. The summed E-state index contributed by atoms with van der Waals surface area (Å²) >= 11 is 0. The van der Waals surface area contributed by atoms with Crippen LogP contribution in [0.25, 0.3) is 0 Å². The first-order chi connectivity index (χ1) is 9.01. The third kappa shape index (κ3) is 3.16. The van der Waals surface area contributed by atoms with Crippen LogP contribution in [-0.4, -0.2) is 17.6 Å². The van der Waals surface area contributed by atoms with Crippen molar-refractivity contribution >= 4 is 5.97 Å². The predicted molar refractivity (Wildman–Crippen MR) is 78.2 cm³/mol. The lowest BCUT2D eigenvalue weighted by Gasteiger charge is -2.33. The molecule has 1 unspecified atom stereocenters. The van der Waals surface area contributed by atoms with Crippen molar-refractivity contribution < 1.29 is 9.90 Å². The first-order valence-corrected chi connectivity index (χ1v) is 7.01. The number of hydrogen-bond donors (Lipinski definition) is 2. The molecule has 0 radical (unpaired) electrons. The minimum absolute atomic E-state index is 0.143. The van der Waals surface area contributed by atoms with Crippen LogP contribution in [0.2, 0.25) is 0 Å². The number of carbonyl (C=O) groups is 1. The zero-order valence-corrected chi connectivity index (χ0v) is 12.1. The average Bonchev–Trinajstić information content (AvgIpc) is 2.41. The molecule has 3 heteroatoms. The summed E-state index contributed by atoms with van der Waals surface area (Å²) in [5, 5.41) is 9.76. The van der Waals surface area contributed by atoms with E-state index in [1.165, 1.54) is 0 Å². The molecule has 0 heterocycles. The minimum atomic E-state index is -0.956. The Hall–Kier alpha value is -1.35. The van der Waals surface area contributed by atoms with Crippen molar-refractivity contribution in [1.82, 2.24) is 0 Å². The van der Waals surface area contributed by atoms with Crippen LogP contribution in [0.1, 0.15) is 44.2 Å². The zero-order valence-electron chi connectivity index (χ0n) is 12.1. The van der Waals surface area contributed by atoms with Gasteiger partial charge in [-0.25, -0.2) is 0 Å². The molecule has 1 aromatic carbocycles. The number of nitrogens with two attached hydrogens (primary N) is 1. The Morgan fingerprint density at radius 2 is 1.89 bits per heavy atom. The maximum absolute atomic E-state index is 11.9. The summed E-state index contributed by atoms with van der Waals surface area (Å²) in [6.07, 6.45) is 2.57. The van der Waals surface area contributed by atoms with Crippen molar-refractivity contribution in [3.8, 4) is 0 Å². The van der Waals surface area contributed by atoms with Gasteiger partial charge >= 0.3 is 5.97 Å². The molecule has 0 aromatic heterocycles. The fraction of sp³-hybridized carbons (Fsp3) is 0.562. The van der Waals surface area contributed by atoms with Crippen molar-refractivity contribution in [3.05, 3.63) is 35.4 Å². The van der Waals surface area contributed by atoms with Crippen molar-refractivity contribution in [3.63, 3.8) is 0 Å². The summed E-state index contributed by atoms with van der Waals surface area (Å²) in [6.45, 7) is 6.31. The molecule has 0 spiro atoms. The third-order valence-electron chi connectivity index (χ3n) is 4.21. The Morgan fingerprint density at radius 1 is 1.32 bits per heavy atom. The van der Waals surface area contributed by atoms with Crippen molar-refractivity contribution in [2.45, 2.75) is 45.4 Å². The number of carboxylic acid groups (broad SMARTS) is 1. The Morgan fingerprint density at radius 3 is 2.32 bits per heavy atom. The molecular weight excluding hydrogens is 238 g/mol. The second kappa shape index (κ2) is 6.71. The van der Waals surface area contributed by atoms with Crippen LogP contribution in [-0.2, 0) is 10.2 Å². The van der Waals surface area contributed by atoms with E-state index >= 15 is 0 Å².